The van der Waals surface area contributed by atoms with Gasteiger partial charge in [0.15, 0.2) is 15.5 Å². The number of aromatic nitrogens is 2. The van der Waals surface area contributed by atoms with E-state index in [9.17, 15) is 23.1 Å². The van der Waals surface area contributed by atoms with Crippen LogP contribution in [0.1, 0.15) is 41.4 Å². The van der Waals surface area contributed by atoms with Gasteiger partial charge in [-0.05, 0) is 25.3 Å². The molecule has 1 aromatic heterocycles. The second kappa shape index (κ2) is 8.45. The van der Waals surface area contributed by atoms with Gasteiger partial charge in [0.2, 0.25) is 0 Å². The largest absolute Gasteiger partial charge is 0.465 e. The molecule has 0 radical (unpaired) electrons. The van der Waals surface area contributed by atoms with Crippen molar-refractivity contribution in [2.24, 2.45) is 0 Å². The van der Waals surface area contributed by atoms with E-state index in [1.54, 1.807) is 33.8 Å². The number of morpholine rings is 1. The molecule has 1 aromatic carbocycles. The third-order valence-electron chi connectivity index (χ3n) is 6.64. The van der Waals surface area contributed by atoms with Gasteiger partial charge < -0.3 is 19.6 Å². The molecular formula is C22H26N4O6S. The summed E-state index contributed by atoms with van der Waals surface area (Å²) in [6, 6.07) is 6.69. The van der Waals surface area contributed by atoms with Crippen LogP contribution in [0.4, 0.5) is 4.79 Å². The van der Waals surface area contributed by atoms with Gasteiger partial charge in [-0.3, -0.25) is 9.48 Å². The van der Waals surface area contributed by atoms with E-state index in [0.717, 1.165) is 0 Å². The molecular weight excluding hydrogens is 448 g/mol. The van der Waals surface area contributed by atoms with Gasteiger partial charge in [0, 0.05) is 37.3 Å². The van der Waals surface area contributed by atoms with Crippen molar-refractivity contribution in [3.8, 4) is 11.3 Å². The van der Waals surface area contributed by atoms with E-state index in [1.165, 1.54) is 4.90 Å². The Kier molecular flexibility index (Phi) is 5.61. The summed E-state index contributed by atoms with van der Waals surface area (Å²) in [5.74, 6) is -0.567. The Bertz CT molecular complexity index is 1200. The quantitative estimate of drug-likeness (QED) is 0.706. The van der Waals surface area contributed by atoms with Crippen LogP contribution in [0.25, 0.3) is 11.3 Å². The number of carbonyl (C=O) groups is 2. The predicted octanol–water partition coefficient (Wildman–Crippen LogP) is 2.01. The number of sulfone groups is 1. The van der Waals surface area contributed by atoms with Crippen LogP contribution >= 0.6 is 0 Å². The number of hydrogen-bond donors (Lipinski definition) is 1. The van der Waals surface area contributed by atoms with E-state index >= 15 is 0 Å². The first-order chi connectivity index (χ1) is 15.9. The molecule has 5 rings (SSSR count). The molecule has 1 atom stereocenters. The molecule has 0 saturated carbocycles. The summed E-state index contributed by atoms with van der Waals surface area (Å²) in [5.41, 5.74) is 1.81. The average molecular weight is 475 g/mol. The van der Waals surface area contributed by atoms with Gasteiger partial charge in [0.25, 0.3) is 5.91 Å². The summed E-state index contributed by atoms with van der Waals surface area (Å²) in [6.45, 7) is 2.54. The molecule has 2 aromatic rings. The van der Waals surface area contributed by atoms with Crippen molar-refractivity contribution in [3.63, 3.8) is 0 Å². The number of amides is 2. The molecule has 3 aliphatic heterocycles. The molecule has 176 valence electrons. The van der Waals surface area contributed by atoms with Crippen molar-refractivity contribution in [1.29, 1.82) is 0 Å². The molecule has 0 bridgehead atoms. The van der Waals surface area contributed by atoms with Crippen LogP contribution < -0.4 is 0 Å². The van der Waals surface area contributed by atoms with Crippen LogP contribution in [-0.4, -0.2) is 84.5 Å². The number of benzene rings is 1. The van der Waals surface area contributed by atoms with Gasteiger partial charge in [0.05, 0.1) is 35.6 Å². The van der Waals surface area contributed by atoms with Crippen LogP contribution in [0.3, 0.4) is 0 Å². The molecule has 3 aliphatic rings. The predicted molar refractivity (Wildman–Crippen MR) is 118 cm³/mol. The zero-order valence-electron chi connectivity index (χ0n) is 18.1. The Morgan fingerprint density at radius 2 is 1.79 bits per heavy atom. The van der Waals surface area contributed by atoms with Crippen LogP contribution in [0.5, 0.6) is 0 Å². The number of carboxylic acid groups (broad SMARTS) is 1. The third-order valence-corrected chi connectivity index (χ3v) is 8.33. The number of carbonyl (C=O) groups excluding carboxylic acids is 1. The molecule has 1 N–H and O–H groups in total. The molecule has 4 heterocycles. The van der Waals surface area contributed by atoms with Crippen molar-refractivity contribution in [2.75, 3.05) is 39.4 Å². The maximum absolute atomic E-state index is 13.4. The molecule has 2 amide bonds. The van der Waals surface area contributed by atoms with E-state index in [-0.39, 0.29) is 28.3 Å². The van der Waals surface area contributed by atoms with Crippen molar-refractivity contribution < 1.29 is 27.9 Å². The summed E-state index contributed by atoms with van der Waals surface area (Å²) >= 11 is 0. The maximum atomic E-state index is 13.4. The molecule has 10 nitrogen and oxygen atoms in total. The van der Waals surface area contributed by atoms with E-state index in [1.807, 2.05) is 0 Å². The third kappa shape index (κ3) is 3.89. The summed E-state index contributed by atoms with van der Waals surface area (Å²) in [4.78, 5) is 28.2. The fraction of sp³-hybridized carbons (Fsp3) is 0.500. The van der Waals surface area contributed by atoms with Crippen molar-refractivity contribution in [2.45, 2.75) is 36.0 Å². The molecule has 0 aliphatic carbocycles. The molecule has 11 heteroatoms. The first-order valence-electron chi connectivity index (χ1n) is 11.2. The highest BCUT2D eigenvalue weighted by atomic mass is 32.2. The second-order valence-corrected chi connectivity index (χ2v) is 10.6. The van der Waals surface area contributed by atoms with Gasteiger partial charge in [-0.2, -0.15) is 5.10 Å². The number of ether oxygens (including phenoxy) is 1. The number of likely N-dealkylation sites (tertiary alicyclic amines) is 1. The highest BCUT2D eigenvalue weighted by molar-refractivity contribution is 7.90. The minimum Gasteiger partial charge on any atom is -0.465 e. The van der Waals surface area contributed by atoms with Crippen molar-refractivity contribution in [1.82, 2.24) is 19.6 Å². The fourth-order valence-corrected chi connectivity index (χ4v) is 6.55. The smallest absolute Gasteiger partial charge is 0.407 e. The Balaban J connectivity index is 1.62. The number of rotatable bonds is 2. The normalized spacial score (nSPS) is 22.2. The minimum absolute atomic E-state index is 0.136. The van der Waals surface area contributed by atoms with Crippen LogP contribution in [0.2, 0.25) is 0 Å². The van der Waals surface area contributed by atoms with E-state index in [2.05, 4.69) is 0 Å². The van der Waals surface area contributed by atoms with Crippen molar-refractivity contribution in [3.05, 3.63) is 35.5 Å². The van der Waals surface area contributed by atoms with Crippen LogP contribution in [0.15, 0.2) is 29.2 Å². The Morgan fingerprint density at radius 3 is 2.55 bits per heavy atom. The van der Waals surface area contributed by atoms with Gasteiger partial charge in [-0.15, -0.1) is 0 Å². The lowest BCUT2D eigenvalue weighted by molar-refractivity contribution is 0.0297. The average Bonchev–Trinajstić information content (AvgIpc) is 3.00. The second-order valence-electron chi connectivity index (χ2n) is 8.63. The molecule has 33 heavy (non-hydrogen) atoms. The molecule has 1 unspecified atom stereocenters. The van der Waals surface area contributed by atoms with E-state index in [4.69, 9.17) is 9.84 Å². The van der Waals surface area contributed by atoms with Gasteiger partial charge in [0.1, 0.15) is 0 Å². The fourth-order valence-electron chi connectivity index (χ4n) is 4.96. The summed E-state index contributed by atoms with van der Waals surface area (Å²) in [6.07, 6.45) is 0.953. The Morgan fingerprint density at radius 1 is 1.03 bits per heavy atom. The minimum atomic E-state index is -3.62. The first-order valence-corrected chi connectivity index (χ1v) is 12.8. The van der Waals surface area contributed by atoms with Crippen molar-refractivity contribution >= 4 is 21.8 Å². The SMILES string of the molecule is O=C(O)N1CCCC(n2nc(C(=O)N3CCOCC3)c3c2-c2ccccc2S(=O)(=O)C3)CC1. The number of nitrogens with zero attached hydrogens (tertiary/aromatic N) is 4. The molecule has 2 saturated heterocycles. The topological polar surface area (TPSA) is 122 Å². The monoisotopic (exact) mass is 474 g/mol. The summed E-state index contributed by atoms with van der Waals surface area (Å²) in [7, 11) is -3.62. The lowest BCUT2D eigenvalue weighted by atomic mass is 10.0. The lowest BCUT2D eigenvalue weighted by Gasteiger charge is -2.26. The van der Waals surface area contributed by atoms with Gasteiger partial charge >= 0.3 is 6.09 Å². The lowest BCUT2D eigenvalue weighted by Crippen LogP contribution is -2.41. The maximum Gasteiger partial charge on any atom is 0.407 e. The molecule has 2 fully saturated rings. The van der Waals surface area contributed by atoms with Gasteiger partial charge in [-0.25, -0.2) is 13.2 Å². The summed E-state index contributed by atoms with van der Waals surface area (Å²) < 4.78 is 33.3. The van der Waals surface area contributed by atoms with E-state index < -0.39 is 15.9 Å². The molecule has 0 spiro atoms. The van der Waals surface area contributed by atoms with Crippen LogP contribution in [0, 0.1) is 0 Å². The number of hydrogen-bond acceptors (Lipinski definition) is 6. The summed E-state index contributed by atoms with van der Waals surface area (Å²) in [5, 5.41) is 14.1. The zero-order valence-corrected chi connectivity index (χ0v) is 19.0. The highest BCUT2D eigenvalue weighted by Gasteiger charge is 2.38. The van der Waals surface area contributed by atoms with E-state index in [0.29, 0.717) is 75.5 Å². The standard InChI is InChI=1S/C22H26N4O6S/c27-21(24-10-12-32-13-11-24)19-17-14-33(30,31)18-6-2-1-5-16(18)20(17)26(23-19)15-4-3-8-25(9-7-15)22(28)29/h1-2,5-6,15H,3-4,7-14H2,(H,28,29). The highest BCUT2D eigenvalue weighted by Crippen LogP contribution is 2.42. The zero-order chi connectivity index (χ0) is 23.2. The first kappa shape index (κ1) is 21.9. The Hall–Kier alpha value is -2.92. The van der Waals surface area contributed by atoms with Crippen LogP contribution in [-0.2, 0) is 20.3 Å². The number of fused-ring (bicyclic) bond motifs is 3. The van der Waals surface area contributed by atoms with Gasteiger partial charge in [-0.1, -0.05) is 18.2 Å². The Labute approximate surface area is 191 Å².